The molecule has 0 saturated carbocycles. The Morgan fingerprint density at radius 2 is 1.71 bits per heavy atom. The Hall–Kier alpha value is -0.770. The number of rotatable bonds is 2. The van der Waals surface area contributed by atoms with Crippen LogP contribution < -0.4 is 0 Å². The summed E-state index contributed by atoms with van der Waals surface area (Å²) in [5.41, 5.74) is 2.26. The predicted octanol–water partition coefficient (Wildman–Crippen LogP) is 4.23. The van der Waals surface area contributed by atoms with Crippen LogP contribution in [0.15, 0.2) is 56.7 Å². The Bertz CT molecular complexity index is 539. The molecule has 0 aromatic heterocycles. The topological polar surface area (TPSA) is 23.1 Å². The number of hydrogen-bond acceptors (Lipinski definition) is 1. The van der Waals surface area contributed by atoms with Gasteiger partial charge in [-0.25, -0.2) is 0 Å². The van der Waals surface area contributed by atoms with Crippen molar-refractivity contribution < 1.29 is 4.55 Å². The highest BCUT2D eigenvalue weighted by atomic mass is 79.9. The number of benzene rings is 2. The summed E-state index contributed by atoms with van der Waals surface area (Å²) in [6.07, 6.45) is 0. The Kier molecular flexibility index (Phi) is 3.92. The van der Waals surface area contributed by atoms with Crippen LogP contribution in [0.2, 0.25) is 0 Å². The van der Waals surface area contributed by atoms with Crippen LogP contribution in [-0.2, 0) is 11.2 Å². The Balaban J connectivity index is 2.44. The maximum absolute atomic E-state index is 12.5. The van der Waals surface area contributed by atoms with E-state index in [1.54, 1.807) is 0 Å². The van der Waals surface area contributed by atoms with E-state index in [0.717, 1.165) is 19.8 Å². The first-order valence-electron chi connectivity index (χ1n) is 5.33. The van der Waals surface area contributed by atoms with Gasteiger partial charge in [-0.2, -0.15) is 0 Å². The molecule has 0 N–H and O–H groups in total. The standard InChI is InChI=1S/C14H13BrOS/c1-10-7-8-13(11(2)9-10)17(16)14-6-4-3-5-12(14)15/h3-9H,1-2H3. The molecule has 2 aromatic carbocycles. The van der Waals surface area contributed by atoms with Crippen LogP contribution in [0.1, 0.15) is 11.1 Å². The Morgan fingerprint density at radius 3 is 2.35 bits per heavy atom. The van der Waals surface area contributed by atoms with Crippen LogP contribution in [0.3, 0.4) is 0 Å². The smallest absolute Gasteiger partial charge is 0.172 e. The van der Waals surface area contributed by atoms with Crippen LogP contribution in [0, 0.1) is 13.8 Å². The summed E-state index contributed by atoms with van der Waals surface area (Å²) in [7, 11) is 0. The van der Waals surface area contributed by atoms with Gasteiger partial charge in [-0.15, -0.1) is 0 Å². The molecule has 0 amide bonds. The van der Waals surface area contributed by atoms with Crippen LogP contribution in [-0.4, -0.2) is 4.55 Å². The van der Waals surface area contributed by atoms with Crippen molar-refractivity contribution in [1.82, 2.24) is 0 Å². The van der Waals surface area contributed by atoms with Crippen molar-refractivity contribution in [2.24, 2.45) is 0 Å². The summed E-state index contributed by atoms with van der Waals surface area (Å²) < 4.78 is 13.4. The van der Waals surface area contributed by atoms with E-state index in [1.165, 1.54) is 5.56 Å². The van der Waals surface area contributed by atoms with Crippen LogP contribution in [0.25, 0.3) is 0 Å². The summed E-state index contributed by atoms with van der Waals surface area (Å²) in [5.74, 6) is 0. The van der Waals surface area contributed by atoms with Gasteiger partial charge in [0.1, 0.15) is 0 Å². The summed E-state index contributed by atoms with van der Waals surface area (Å²) >= 11 is 2.32. The molecule has 0 aliphatic rings. The average Bonchev–Trinajstić information content (AvgIpc) is 2.29. The minimum Gasteiger partial charge on any atom is -0.606 e. The van der Waals surface area contributed by atoms with Gasteiger partial charge in [0.2, 0.25) is 0 Å². The first-order valence-corrected chi connectivity index (χ1v) is 7.27. The van der Waals surface area contributed by atoms with Gasteiger partial charge in [-0.3, -0.25) is 0 Å². The van der Waals surface area contributed by atoms with E-state index >= 15 is 0 Å². The van der Waals surface area contributed by atoms with Crippen molar-refractivity contribution in [3.05, 3.63) is 58.1 Å². The third-order valence-electron chi connectivity index (χ3n) is 2.57. The maximum atomic E-state index is 12.5. The zero-order chi connectivity index (χ0) is 12.4. The van der Waals surface area contributed by atoms with E-state index in [-0.39, 0.29) is 0 Å². The molecule has 17 heavy (non-hydrogen) atoms. The third-order valence-corrected chi connectivity index (χ3v) is 5.13. The molecule has 0 bridgehead atoms. The van der Waals surface area contributed by atoms with Crippen molar-refractivity contribution in [2.45, 2.75) is 23.6 Å². The molecule has 1 nitrogen and oxygen atoms in total. The van der Waals surface area contributed by atoms with Crippen LogP contribution in [0.4, 0.5) is 0 Å². The highest BCUT2D eigenvalue weighted by Gasteiger charge is 2.19. The van der Waals surface area contributed by atoms with E-state index in [9.17, 15) is 4.55 Å². The van der Waals surface area contributed by atoms with Crippen molar-refractivity contribution in [2.75, 3.05) is 0 Å². The normalized spacial score (nSPS) is 12.5. The van der Waals surface area contributed by atoms with E-state index in [0.29, 0.717) is 0 Å². The van der Waals surface area contributed by atoms with Crippen LogP contribution in [0.5, 0.6) is 0 Å². The summed E-state index contributed by atoms with van der Waals surface area (Å²) in [6, 6.07) is 13.6. The lowest BCUT2D eigenvalue weighted by Gasteiger charge is -2.13. The molecule has 3 heteroatoms. The van der Waals surface area contributed by atoms with Crippen LogP contribution >= 0.6 is 15.9 Å². The maximum Gasteiger partial charge on any atom is 0.172 e. The molecule has 1 atom stereocenters. The van der Waals surface area contributed by atoms with Crippen molar-refractivity contribution in [3.8, 4) is 0 Å². The van der Waals surface area contributed by atoms with Crippen molar-refractivity contribution >= 4 is 27.1 Å². The first kappa shape index (κ1) is 12.7. The first-order chi connectivity index (χ1) is 8.09. The molecule has 88 valence electrons. The van der Waals surface area contributed by atoms with Gasteiger partial charge in [-0.1, -0.05) is 29.8 Å². The van der Waals surface area contributed by atoms with Gasteiger partial charge in [0.15, 0.2) is 9.79 Å². The molecule has 2 aromatic rings. The van der Waals surface area contributed by atoms with Gasteiger partial charge in [0.05, 0.1) is 4.47 Å². The molecule has 0 spiro atoms. The Morgan fingerprint density at radius 1 is 1.00 bits per heavy atom. The number of aryl methyl sites for hydroxylation is 2. The number of halogens is 1. The van der Waals surface area contributed by atoms with Crippen molar-refractivity contribution in [3.63, 3.8) is 0 Å². The van der Waals surface area contributed by atoms with Gasteiger partial charge in [-0.05, 0) is 48.0 Å². The molecular formula is C14H13BrOS. The highest BCUT2D eigenvalue weighted by Crippen LogP contribution is 2.29. The van der Waals surface area contributed by atoms with E-state index in [2.05, 4.69) is 22.0 Å². The monoisotopic (exact) mass is 308 g/mol. The fraction of sp³-hybridized carbons (Fsp3) is 0.143. The molecule has 0 aliphatic heterocycles. The molecule has 0 heterocycles. The summed E-state index contributed by atoms with van der Waals surface area (Å²) in [6.45, 7) is 4.04. The lowest BCUT2D eigenvalue weighted by Crippen LogP contribution is -2.05. The quantitative estimate of drug-likeness (QED) is 0.761. The van der Waals surface area contributed by atoms with E-state index in [1.807, 2.05) is 50.2 Å². The summed E-state index contributed by atoms with van der Waals surface area (Å²) in [4.78, 5) is 1.70. The molecule has 2 rings (SSSR count). The lowest BCUT2D eigenvalue weighted by molar-refractivity contribution is 0.594. The largest absolute Gasteiger partial charge is 0.606 e. The molecule has 0 saturated heterocycles. The van der Waals surface area contributed by atoms with E-state index in [4.69, 9.17) is 0 Å². The fourth-order valence-electron chi connectivity index (χ4n) is 1.72. The molecule has 1 unspecified atom stereocenters. The van der Waals surface area contributed by atoms with E-state index < -0.39 is 11.2 Å². The minimum atomic E-state index is -1.13. The third kappa shape index (κ3) is 2.73. The van der Waals surface area contributed by atoms with Gasteiger partial charge in [0, 0.05) is 16.7 Å². The molecule has 0 radical (unpaired) electrons. The average molecular weight is 309 g/mol. The SMILES string of the molecule is Cc1ccc([S+]([O-])c2ccccc2Br)c(C)c1. The molecule has 0 fully saturated rings. The molecular weight excluding hydrogens is 296 g/mol. The van der Waals surface area contributed by atoms with Gasteiger partial charge >= 0.3 is 0 Å². The summed E-state index contributed by atoms with van der Waals surface area (Å²) in [5, 5.41) is 0. The minimum absolute atomic E-state index is 0.819. The second kappa shape index (κ2) is 5.25. The zero-order valence-electron chi connectivity index (χ0n) is 9.74. The highest BCUT2D eigenvalue weighted by molar-refractivity contribution is 9.10. The van der Waals surface area contributed by atoms with Crippen molar-refractivity contribution in [1.29, 1.82) is 0 Å². The predicted molar refractivity (Wildman–Crippen MR) is 74.7 cm³/mol. The second-order valence-corrected chi connectivity index (χ2v) is 6.24. The molecule has 0 aliphatic carbocycles. The zero-order valence-corrected chi connectivity index (χ0v) is 12.1. The number of hydrogen-bond donors (Lipinski definition) is 0. The Labute approximate surface area is 113 Å². The fourth-order valence-corrected chi connectivity index (χ4v) is 3.67. The lowest BCUT2D eigenvalue weighted by atomic mass is 10.2. The van der Waals surface area contributed by atoms with Gasteiger partial charge < -0.3 is 4.55 Å². The van der Waals surface area contributed by atoms with Gasteiger partial charge in [0.25, 0.3) is 0 Å². The second-order valence-electron chi connectivity index (χ2n) is 3.97.